The van der Waals surface area contributed by atoms with Crippen molar-refractivity contribution in [3.8, 4) is 28.8 Å². The molecular formula is C23H23ClN4O5S. The van der Waals surface area contributed by atoms with Crippen LogP contribution in [0.15, 0.2) is 65.3 Å². The van der Waals surface area contributed by atoms with E-state index in [9.17, 15) is 8.42 Å². The molecule has 4 rings (SSSR count). The third kappa shape index (κ3) is 4.73. The Morgan fingerprint density at radius 3 is 2.29 bits per heavy atom. The second-order valence-electron chi connectivity index (χ2n) is 7.46. The summed E-state index contributed by atoms with van der Waals surface area (Å²) in [4.78, 5) is 0. The number of rotatable bonds is 9. The van der Waals surface area contributed by atoms with E-state index in [4.69, 9.17) is 25.5 Å². The largest absolute Gasteiger partial charge is 0.494 e. The van der Waals surface area contributed by atoms with E-state index in [2.05, 4.69) is 14.9 Å². The van der Waals surface area contributed by atoms with Crippen LogP contribution in [0.5, 0.6) is 11.5 Å². The van der Waals surface area contributed by atoms with Crippen LogP contribution in [0.2, 0.25) is 5.02 Å². The average molecular weight is 503 g/mol. The molecule has 0 saturated heterocycles. The lowest BCUT2D eigenvalue weighted by atomic mass is 10.1. The van der Waals surface area contributed by atoms with Crippen LogP contribution in [0.25, 0.3) is 17.3 Å². The highest BCUT2D eigenvalue weighted by atomic mass is 35.5. The monoisotopic (exact) mass is 502 g/mol. The molecule has 1 N–H and O–H groups in total. The Labute approximate surface area is 202 Å². The van der Waals surface area contributed by atoms with Crippen molar-refractivity contribution in [3.63, 3.8) is 0 Å². The number of para-hydroxylation sites is 1. The highest BCUT2D eigenvalue weighted by Gasteiger charge is 2.28. The third-order valence-electron chi connectivity index (χ3n) is 5.23. The van der Waals surface area contributed by atoms with Gasteiger partial charge in [-0.15, -0.1) is 10.2 Å². The Hall–Kier alpha value is -3.50. The SMILES string of the molecule is COc1cccc(OC)c1-n1c(NS(=O)(=O)[C@H](C)Cc2ccc(Cl)cc2)nnc1-c1ccco1. The molecule has 178 valence electrons. The van der Waals surface area contributed by atoms with E-state index in [0.29, 0.717) is 28.0 Å². The van der Waals surface area contributed by atoms with Crippen LogP contribution in [0.1, 0.15) is 12.5 Å². The van der Waals surface area contributed by atoms with Crippen LogP contribution in [0, 0.1) is 0 Å². The van der Waals surface area contributed by atoms with Crippen LogP contribution in [-0.4, -0.2) is 42.7 Å². The molecule has 4 aromatic rings. The van der Waals surface area contributed by atoms with Crippen molar-refractivity contribution >= 4 is 27.6 Å². The van der Waals surface area contributed by atoms with Gasteiger partial charge in [0.05, 0.1) is 25.7 Å². The molecule has 34 heavy (non-hydrogen) atoms. The van der Waals surface area contributed by atoms with Crippen molar-refractivity contribution in [1.29, 1.82) is 0 Å². The van der Waals surface area contributed by atoms with Gasteiger partial charge in [0.15, 0.2) is 5.76 Å². The van der Waals surface area contributed by atoms with Crippen LogP contribution in [-0.2, 0) is 16.4 Å². The molecule has 2 aromatic heterocycles. The van der Waals surface area contributed by atoms with E-state index in [1.165, 1.54) is 25.0 Å². The predicted molar refractivity (Wildman–Crippen MR) is 129 cm³/mol. The van der Waals surface area contributed by atoms with Crippen molar-refractivity contribution in [2.45, 2.75) is 18.6 Å². The predicted octanol–water partition coefficient (Wildman–Crippen LogP) is 4.57. The second kappa shape index (κ2) is 9.78. The summed E-state index contributed by atoms with van der Waals surface area (Å²) in [5.74, 6) is 1.50. The van der Waals surface area contributed by atoms with Crippen LogP contribution >= 0.6 is 11.6 Å². The summed E-state index contributed by atoms with van der Waals surface area (Å²) >= 11 is 5.94. The Balaban J connectivity index is 1.77. The number of aromatic nitrogens is 3. The molecule has 11 heteroatoms. The lowest BCUT2D eigenvalue weighted by Gasteiger charge is -2.18. The van der Waals surface area contributed by atoms with Gasteiger partial charge in [0.2, 0.25) is 21.8 Å². The highest BCUT2D eigenvalue weighted by Crippen LogP contribution is 2.37. The van der Waals surface area contributed by atoms with Crippen molar-refractivity contribution < 1.29 is 22.3 Å². The normalized spacial score (nSPS) is 12.4. The first-order valence-electron chi connectivity index (χ1n) is 10.3. The minimum Gasteiger partial charge on any atom is -0.494 e. The molecule has 0 aliphatic heterocycles. The molecule has 0 aliphatic rings. The molecule has 9 nitrogen and oxygen atoms in total. The highest BCUT2D eigenvalue weighted by molar-refractivity contribution is 7.93. The number of hydrogen-bond acceptors (Lipinski definition) is 7. The second-order valence-corrected chi connectivity index (χ2v) is 9.99. The van der Waals surface area contributed by atoms with Crippen molar-refractivity contribution in [2.24, 2.45) is 0 Å². The van der Waals surface area contributed by atoms with E-state index in [1.807, 2.05) is 0 Å². The summed E-state index contributed by atoms with van der Waals surface area (Å²) < 4.78 is 47.2. The molecule has 0 aliphatic carbocycles. The number of benzene rings is 2. The summed E-state index contributed by atoms with van der Waals surface area (Å²) in [7, 11) is -0.851. The van der Waals surface area contributed by atoms with Gasteiger partial charge in [0.1, 0.15) is 17.2 Å². The Kier molecular flexibility index (Phi) is 6.80. The van der Waals surface area contributed by atoms with Gasteiger partial charge < -0.3 is 13.9 Å². The van der Waals surface area contributed by atoms with Crippen LogP contribution in [0.4, 0.5) is 5.95 Å². The average Bonchev–Trinajstić information content (AvgIpc) is 3.49. The van der Waals surface area contributed by atoms with E-state index in [1.54, 1.807) is 61.5 Å². The first kappa shape index (κ1) is 23.7. The van der Waals surface area contributed by atoms with Gasteiger partial charge in [-0.1, -0.05) is 29.8 Å². The summed E-state index contributed by atoms with van der Waals surface area (Å²) in [6, 6.07) is 15.7. The molecular weight excluding hydrogens is 480 g/mol. The number of nitrogens with zero attached hydrogens (tertiary/aromatic N) is 3. The number of ether oxygens (including phenoxy) is 2. The van der Waals surface area contributed by atoms with Crippen molar-refractivity contribution in [3.05, 3.63) is 71.4 Å². The molecule has 2 aromatic carbocycles. The van der Waals surface area contributed by atoms with Gasteiger partial charge in [-0.25, -0.2) is 8.42 Å². The summed E-state index contributed by atoms with van der Waals surface area (Å²) in [5, 5.41) is 8.12. The smallest absolute Gasteiger partial charge is 0.243 e. The topological polar surface area (TPSA) is 108 Å². The lowest BCUT2D eigenvalue weighted by molar-refractivity contribution is 0.391. The zero-order valence-electron chi connectivity index (χ0n) is 18.7. The molecule has 0 bridgehead atoms. The maximum atomic E-state index is 13.3. The molecule has 0 radical (unpaired) electrons. The van der Waals surface area contributed by atoms with Gasteiger partial charge in [-0.2, -0.15) is 0 Å². The molecule has 0 unspecified atom stereocenters. The third-order valence-corrected chi connectivity index (χ3v) is 7.17. The lowest BCUT2D eigenvalue weighted by Crippen LogP contribution is -2.28. The minimum atomic E-state index is -3.87. The number of halogens is 1. The Morgan fingerprint density at radius 2 is 1.71 bits per heavy atom. The van der Waals surface area contributed by atoms with Gasteiger partial charge in [0, 0.05) is 5.02 Å². The number of methoxy groups -OCH3 is 2. The van der Waals surface area contributed by atoms with Gasteiger partial charge in [-0.3, -0.25) is 9.29 Å². The number of hydrogen-bond donors (Lipinski definition) is 1. The zero-order valence-corrected chi connectivity index (χ0v) is 20.3. The zero-order chi connectivity index (χ0) is 24.3. The molecule has 0 spiro atoms. The van der Waals surface area contributed by atoms with Crippen LogP contribution < -0.4 is 14.2 Å². The van der Waals surface area contributed by atoms with E-state index in [-0.39, 0.29) is 18.2 Å². The van der Waals surface area contributed by atoms with E-state index >= 15 is 0 Å². The van der Waals surface area contributed by atoms with Crippen molar-refractivity contribution in [1.82, 2.24) is 14.8 Å². The summed E-state index contributed by atoms with van der Waals surface area (Å²) in [5.41, 5.74) is 1.26. The van der Waals surface area contributed by atoms with Gasteiger partial charge in [0.25, 0.3) is 0 Å². The fraction of sp³-hybridized carbons (Fsp3) is 0.217. The summed E-state index contributed by atoms with van der Waals surface area (Å²) in [6.45, 7) is 1.62. The molecule has 1 atom stereocenters. The standard InChI is InChI=1S/C23H23ClN4O5S/c1-15(14-16-9-11-17(24)12-10-16)34(29,30)27-23-26-25-22(20-8-5-13-33-20)28(23)21-18(31-2)6-4-7-19(21)32-3/h4-13,15H,14H2,1-3H3,(H,26,27)/t15-/m1/s1. The van der Waals surface area contributed by atoms with E-state index in [0.717, 1.165) is 5.56 Å². The summed E-state index contributed by atoms with van der Waals surface area (Å²) in [6.07, 6.45) is 1.77. The fourth-order valence-electron chi connectivity index (χ4n) is 3.47. The minimum absolute atomic E-state index is 0.0304. The first-order valence-corrected chi connectivity index (χ1v) is 12.2. The molecule has 2 heterocycles. The maximum absolute atomic E-state index is 13.3. The van der Waals surface area contributed by atoms with Gasteiger partial charge >= 0.3 is 0 Å². The number of nitrogens with one attached hydrogen (secondary N) is 1. The number of anilines is 1. The maximum Gasteiger partial charge on any atom is 0.243 e. The fourth-order valence-corrected chi connectivity index (χ4v) is 4.60. The van der Waals surface area contributed by atoms with E-state index < -0.39 is 15.3 Å². The van der Waals surface area contributed by atoms with Gasteiger partial charge in [-0.05, 0) is 55.3 Å². The Bertz CT molecular complexity index is 1350. The van der Waals surface area contributed by atoms with Crippen molar-refractivity contribution in [2.75, 3.05) is 18.9 Å². The number of furan rings is 1. The quantitative estimate of drug-likeness (QED) is 0.357. The Morgan fingerprint density at radius 1 is 1.03 bits per heavy atom. The molecule has 0 fully saturated rings. The van der Waals surface area contributed by atoms with Crippen LogP contribution in [0.3, 0.4) is 0 Å². The first-order chi connectivity index (χ1) is 16.3. The molecule has 0 saturated carbocycles. The molecule has 0 amide bonds. The number of sulfonamides is 1.